The van der Waals surface area contributed by atoms with Crippen molar-refractivity contribution in [3.63, 3.8) is 0 Å². The van der Waals surface area contributed by atoms with Crippen LogP contribution < -0.4 is 0 Å². The van der Waals surface area contributed by atoms with Gasteiger partial charge in [0, 0.05) is 5.41 Å². The highest BCUT2D eigenvalue weighted by molar-refractivity contribution is 6.01. The first-order valence-electron chi connectivity index (χ1n) is 8.89. The minimum absolute atomic E-state index is 0.0136. The van der Waals surface area contributed by atoms with E-state index in [0.717, 1.165) is 25.7 Å². The zero-order valence-electron chi connectivity index (χ0n) is 14.3. The Labute approximate surface area is 139 Å². The van der Waals surface area contributed by atoms with Gasteiger partial charge < -0.3 is 0 Å². The molecule has 2 saturated carbocycles. The Balaban J connectivity index is 1.77. The van der Waals surface area contributed by atoms with Crippen molar-refractivity contribution in [1.82, 2.24) is 0 Å². The highest BCUT2D eigenvalue weighted by atomic mass is 16.1. The third kappa shape index (κ3) is 1.71. The molecule has 4 aliphatic rings. The number of fused-ring (bicyclic) bond motifs is 5. The zero-order valence-corrected chi connectivity index (χ0v) is 14.3. The molecule has 4 aliphatic carbocycles. The van der Waals surface area contributed by atoms with E-state index in [2.05, 4.69) is 45.1 Å². The van der Waals surface area contributed by atoms with E-state index in [1.165, 1.54) is 5.57 Å². The molecule has 0 heterocycles. The van der Waals surface area contributed by atoms with Gasteiger partial charge in [-0.15, -0.1) is 0 Å². The first-order valence-corrected chi connectivity index (χ1v) is 8.89. The maximum Gasteiger partial charge on any atom is 0.178 e. The second kappa shape index (κ2) is 4.47. The van der Waals surface area contributed by atoms with Crippen molar-refractivity contribution in [2.24, 2.45) is 34.0 Å². The van der Waals surface area contributed by atoms with Gasteiger partial charge in [-0.25, -0.2) is 0 Å². The standard InChI is InChI=1S/C21H25NO/c1-19(13-22)9-7-18-16-5-4-14-12-15(23)6-10-20(14,2)17(16)8-11-21(18,19)3/h4-6,10,12,16-18H,7-9,11H2,1-3H3/t16-,17+,18+,19-,20+,21+/m1/s1. The fraction of sp³-hybridized carbons (Fsp3) is 0.619. The van der Waals surface area contributed by atoms with E-state index in [-0.39, 0.29) is 22.0 Å². The second-order valence-electron chi connectivity index (χ2n) is 8.71. The van der Waals surface area contributed by atoms with Gasteiger partial charge in [0.2, 0.25) is 0 Å². The Morgan fingerprint density at radius 2 is 1.87 bits per heavy atom. The summed E-state index contributed by atoms with van der Waals surface area (Å²) in [7, 11) is 0. The van der Waals surface area contributed by atoms with E-state index in [0.29, 0.717) is 17.8 Å². The average molecular weight is 307 g/mol. The van der Waals surface area contributed by atoms with Crippen LogP contribution in [0.3, 0.4) is 0 Å². The van der Waals surface area contributed by atoms with E-state index in [1.807, 2.05) is 6.08 Å². The van der Waals surface area contributed by atoms with Gasteiger partial charge >= 0.3 is 0 Å². The molecular weight excluding hydrogens is 282 g/mol. The first-order chi connectivity index (χ1) is 10.8. The van der Waals surface area contributed by atoms with Crippen LogP contribution in [-0.2, 0) is 4.79 Å². The molecule has 23 heavy (non-hydrogen) atoms. The predicted molar refractivity (Wildman–Crippen MR) is 90.2 cm³/mol. The number of hydrogen-bond donors (Lipinski definition) is 0. The molecule has 0 aromatic heterocycles. The van der Waals surface area contributed by atoms with Crippen LogP contribution in [0, 0.1) is 45.3 Å². The molecule has 2 heteroatoms. The Bertz CT molecular complexity index is 708. The van der Waals surface area contributed by atoms with Crippen LogP contribution >= 0.6 is 0 Å². The summed E-state index contributed by atoms with van der Waals surface area (Å²) in [5, 5.41) is 9.77. The highest BCUT2D eigenvalue weighted by Gasteiger charge is 2.61. The largest absolute Gasteiger partial charge is 0.290 e. The van der Waals surface area contributed by atoms with Gasteiger partial charge in [0.05, 0.1) is 11.5 Å². The molecule has 0 unspecified atom stereocenters. The molecule has 0 aromatic rings. The summed E-state index contributed by atoms with van der Waals surface area (Å²) in [4.78, 5) is 11.7. The molecule has 2 nitrogen and oxygen atoms in total. The summed E-state index contributed by atoms with van der Waals surface area (Å²) < 4.78 is 0. The van der Waals surface area contributed by atoms with Crippen molar-refractivity contribution in [2.45, 2.75) is 46.5 Å². The molecule has 0 N–H and O–H groups in total. The number of nitrogens with zero attached hydrogens (tertiary/aromatic N) is 1. The maximum absolute atomic E-state index is 11.7. The summed E-state index contributed by atoms with van der Waals surface area (Å²) in [6.07, 6.45) is 14.7. The number of rotatable bonds is 0. The molecule has 6 atom stereocenters. The molecule has 0 saturated heterocycles. The van der Waals surface area contributed by atoms with E-state index in [4.69, 9.17) is 0 Å². The fourth-order valence-corrected chi connectivity index (χ4v) is 6.10. The number of hydrogen-bond acceptors (Lipinski definition) is 2. The van der Waals surface area contributed by atoms with Crippen LogP contribution in [0.4, 0.5) is 0 Å². The van der Waals surface area contributed by atoms with Gasteiger partial charge in [-0.2, -0.15) is 5.26 Å². The van der Waals surface area contributed by atoms with Crippen LogP contribution in [0.15, 0.2) is 36.0 Å². The summed E-state index contributed by atoms with van der Waals surface area (Å²) in [5.74, 6) is 1.79. The fourth-order valence-electron chi connectivity index (χ4n) is 6.10. The molecular formula is C21H25NO. The summed E-state index contributed by atoms with van der Waals surface area (Å²) >= 11 is 0. The van der Waals surface area contributed by atoms with Crippen LogP contribution in [0.1, 0.15) is 46.5 Å². The maximum atomic E-state index is 11.7. The van der Waals surface area contributed by atoms with E-state index in [9.17, 15) is 10.1 Å². The summed E-state index contributed by atoms with van der Waals surface area (Å²) in [6.45, 7) is 6.82. The molecule has 4 rings (SSSR count). The van der Waals surface area contributed by atoms with Crippen LogP contribution in [0.2, 0.25) is 0 Å². The Kier molecular flexibility index (Phi) is 2.90. The van der Waals surface area contributed by atoms with E-state index >= 15 is 0 Å². The van der Waals surface area contributed by atoms with Gasteiger partial charge in [-0.3, -0.25) is 4.79 Å². The lowest BCUT2D eigenvalue weighted by atomic mass is 9.48. The van der Waals surface area contributed by atoms with Gasteiger partial charge in [0.25, 0.3) is 0 Å². The third-order valence-corrected chi connectivity index (χ3v) is 7.97. The van der Waals surface area contributed by atoms with Crippen molar-refractivity contribution < 1.29 is 4.79 Å². The molecule has 0 aliphatic heterocycles. The van der Waals surface area contributed by atoms with E-state index < -0.39 is 0 Å². The Hall–Kier alpha value is -1.62. The number of carbonyl (C=O) groups excluding carboxylic acids is 1. The second-order valence-corrected chi connectivity index (χ2v) is 8.71. The predicted octanol–water partition coefficient (Wildman–Crippen LogP) is 4.60. The van der Waals surface area contributed by atoms with Crippen molar-refractivity contribution in [1.29, 1.82) is 5.26 Å². The topological polar surface area (TPSA) is 40.9 Å². The molecule has 0 spiro atoms. The molecule has 0 amide bonds. The van der Waals surface area contributed by atoms with Gasteiger partial charge in [-0.05, 0) is 73.5 Å². The molecule has 0 aromatic carbocycles. The Morgan fingerprint density at radius 1 is 1.13 bits per heavy atom. The number of allylic oxidation sites excluding steroid dienone is 6. The summed E-state index contributed by atoms with van der Waals surface area (Å²) in [6, 6.07) is 2.65. The number of nitriles is 1. The van der Waals surface area contributed by atoms with Gasteiger partial charge in [0.1, 0.15) is 0 Å². The molecule has 2 fully saturated rings. The van der Waals surface area contributed by atoms with Crippen LogP contribution in [0.5, 0.6) is 0 Å². The average Bonchev–Trinajstić information content (AvgIpc) is 2.80. The van der Waals surface area contributed by atoms with E-state index in [1.54, 1.807) is 6.08 Å². The Morgan fingerprint density at radius 3 is 2.61 bits per heavy atom. The molecule has 120 valence electrons. The number of carbonyl (C=O) groups is 1. The normalized spacial score (nSPS) is 50.6. The quantitative estimate of drug-likeness (QED) is 0.656. The van der Waals surface area contributed by atoms with Crippen molar-refractivity contribution in [2.75, 3.05) is 0 Å². The third-order valence-electron chi connectivity index (χ3n) is 7.97. The smallest absolute Gasteiger partial charge is 0.178 e. The first kappa shape index (κ1) is 14.9. The highest BCUT2D eigenvalue weighted by Crippen LogP contribution is 2.68. The SMILES string of the molecule is C[C@]12C=CC(=O)C=C1C=C[C@@H]1[C@@H]2CC[C@@]2(C)[C@H]1CC[C@]2(C)C#N. The van der Waals surface area contributed by atoms with Crippen molar-refractivity contribution in [3.8, 4) is 6.07 Å². The van der Waals surface area contributed by atoms with Gasteiger partial charge in [-0.1, -0.05) is 32.1 Å². The minimum Gasteiger partial charge on any atom is -0.290 e. The zero-order chi connectivity index (χ0) is 16.5. The lowest BCUT2D eigenvalue weighted by Gasteiger charge is -2.55. The number of ketones is 1. The van der Waals surface area contributed by atoms with Crippen molar-refractivity contribution >= 4 is 5.78 Å². The lowest BCUT2D eigenvalue weighted by molar-refractivity contribution is -0.110. The van der Waals surface area contributed by atoms with Crippen LogP contribution in [-0.4, -0.2) is 5.78 Å². The van der Waals surface area contributed by atoms with Gasteiger partial charge in [0.15, 0.2) is 5.78 Å². The molecule has 0 radical (unpaired) electrons. The lowest BCUT2D eigenvalue weighted by Crippen LogP contribution is -2.49. The minimum atomic E-state index is -0.189. The summed E-state index contributed by atoms with van der Waals surface area (Å²) in [5.41, 5.74) is 1.10. The van der Waals surface area contributed by atoms with Crippen molar-refractivity contribution in [3.05, 3.63) is 36.0 Å². The molecule has 0 bridgehead atoms. The monoisotopic (exact) mass is 307 g/mol. The van der Waals surface area contributed by atoms with Crippen LogP contribution in [0.25, 0.3) is 0 Å².